The first-order valence-corrected chi connectivity index (χ1v) is 10.5. The molecule has 7 heteroatoms. The fraction of sp³-hybridized carbons (Fsp3) is 0.240. The number of aryl methyl sites for hydroxylation is 5. The molecule has 0 aliphatic heterocycles. The van der Waals surface area contributed by atoms with Crippen LogP contribution < -0.4 is 11.2 Å². The van der Waals surface area contributed by atoms with Gasteiger partial charge in [-0.3, -0.25) is 22.9 Å². The van der Waals surface area contributed by atoms with Crippen molar-refractivity contribution >= 4 is 16.9 Å². The highest BCUT2D eigenvalue weighted by Gasteiger charge is 2.25. The van der Waals surface area contributed by atoms with Crippen molar-refractivity contribution in [3.05, 3.63) is 85.7 Å². The van der Waals surface area contributed by atoms with E-state index in [9.17, 15) is 9.59 Å². The molecule has 0 saturated carbocycles. The van der Waals surface area contributed by atoms with Gasteiger partial charge < -0.3 is 0 Å². The summed E-state index contributed by atoms with van der Waals surface area (Å²) in [7, 11) is 3.15. The van der Waals surface area contributed by atoms with Crippen molar-refractivity contribution in [2.24, 2.45) is 14.1 Å². The van der Waals surface area contributed by atoms with Crippen LogP contribution in [0.25, 0.3) is 33.9 Å². The molecular weight excluding hydrogens is 402 g/mol. The van der Waals surface area contributed by atoms with Crippen LogP contribution in [0.4, 0.5) is 0 Å². The lowest BCUT2D eigenvalue weighted by atomic mass is 10.1. The summed E-state index contributed by atoms with van der Waals surface area (Å²) in [6.07, 6.45) is 0. The van der Waals surface area contributed by atoms with Gasteiger partial charge in [0.2, 0.25) is 5.78 Å². The maximum absolute atomic E-state index is 13.1. The van der Waals surface area contributed by atoms with Crippen LogP contribution in [0.5, 0.6) is 0 Å². The van der Waals surface area contributed by atoms with E-state index >= 15 is 0 Å². The highest BCUT2D eigenvalue weighted by atomic mass is 16.2. The van der Waals surface area contributed by atoms with Crippen molar-refractivity contribution in [1.82, 2.24) is 23.1 Å². The Hall–Kier alpha value is -3.87. The highest BCUT2D eigenvalue weighted by Crippen LogP contribution is 2.33. The molecule has 0 radical (unpaired) electrons. The molecule has 0 aliphatic rings. The summed E-state index contributed by atoms with van der Waals surface area (Å²) < 4.78 is 6.52. The van der Waals surface area contributed by atoms with Crippen LogP contribution in [0.15, 0.2) is 52.1 Å². The van der Waals surface area contributed by atoms with Crippen molar-refractivity contribution in [2.75, 3.05) is 0 Å². The molecule has 0 N–H and O–H groups in total. The van der Waals surface area contributed by atoms with Crippen LogP contribution in [0.2, 0.25) is 0 Å². The van der Waals surface area contributed by atoms with E-state index in [1.807, 2.05) is 11.3 Å². The Morgan fingerprint density at radius 2 is 1.50 bits per heavy atom. The third-order valence-corrected chi connectivity index (χ3v) is 6.42. The molecule has 5 aromatic rings. The van der Waals surface area contributed by atoms with Crippen LogP contribution in [-0.4, -0.2) is 23.1 Å². The Kier molecular flexibility index (Phi) is 4.27. The predicted octanol–water partition coefficient (Wildman–Crippen LogP) is 3.58. The number of benzene rings is 2. The topological polar surface area (TPSA) is 66.2 Å². The van der Waals surface area contributed by atoms with E-state index in [2.05, 4.69) is 67.8 Å². The SMILES string of the molecule is Cc1ccc(-c2c(C)n3c4c(=O)n(C)c(=O)n(C)c4nc3n2-c2ccc(C)c(C)c2)cc1. The van der Waals surface area contributed by atoms with Gasteiger partial charge in [-0.2, -0.15) is 4.98 Å². The molecule has 3 heterocycles. The Morgan fingerprint density at radius 3 is 2.16 bits per heavy atom. The molecule has 0 atom stereocenters. The Balaban J connectivity index is 2.02. The summed E-state index contributed by atoms with van der Waals surface area (Å²) in [4.78, 5) is 30.5. The first-order valence-electron chi connectivity index (χ1n) is 10.5. The molecule has 32 heavy (non-hydrogen) atoms. The van der Waals surface area contributed by atoms with Crippen LogP contribution in [0.3, 0.4) is 0 Å². The zero-order valence-electron chi connectivity index (χ0n) is 19.1. The quantitative estimate of drug-likeness (QED) is 0.433. The third kappa shape index (κ3) is 2.64. The van der Waals surface area contributed by atoms with E-state index in [4.69, 9.17) is 4.98 Å². The fourth-order valence-corrected chi connectivity index (χ4v) is 4.38. The summed E-state index contributed by atoms with van der Waals surface area (Å²) in [6.45, 7) is 8.22. The molecule has 5 rings (SSSR count). The number of rotatable bonds is 2. The molecule has 0 amide bonds. The Labute approximate surface area is 184 Å². The maximum Gasteiger partial charge on any atom is 0.332 e. The van der Waals surface area contributed by atoms with Gasteiger partial charge in [-0.1, -0.05) is 35.9 Å². The van der Waals surface area contributed by atoms with E-state index in [0.717, 1.165) is 27.2 Å². The lowest BCUT2D eigenvalue weighted by Gasteiger charge is -2.12. The van der Waals surface area contributed by atoms with Crippen molar-refractivity contribution in [3.63, 3.8) is 0 Å². The van der Waals surface area contributed by atoms with Crippen LogP contribution >= 0.6 is 0 Å². The minimum Gasteiger partial charge on any atom is -0.279 e. The number of fused-ring (bicyclic) bond motifs is 3. The molecule has 0 fully saturated rings. The van der Waals surface area contributed by atoms with Gasteiger partial charge in [0, 0.05) is 31.0 Å². The zero-order chi connectivity index (χ0) is 22.9. The molecule has 0 spiro atoms. The smallest absolute Gasteiger partial charge is 0.279 e. The second-order valence-electron chi connectivity index (χ2n) is 8.53. The minimum atomic E-state index is -0.391. The van der Waals surface area contributed by atoms with Gasteiger partial charge in [0.05, 0.1) is 5.69 Å². The van der Waals surface area contributed by atoms with Gasteiger partial charge in [0.1, 0.15) is 0 Å². The summed E-state index contributed by atoms with van der Waals surface area (Å²) in [5.41, 5.74) is 7.43. The van der Waals surface area contributed by atoms with Crippen molar-refractivity contribution < 1.29 is 0 Å². The lowest BCUT2D eigenvalue weighted by molar-refractivity contribution is 0.707. The standard InChI is InChI=1S/C25H25N5O2/c1-14-7-10-18(11-8-14)20-17(4)29-21-22(27(5)25(32)28(6)23(21)31)26-24(29)30(20)19-12-9-15(2)16(3)13-19/h7-13H,1-6H3. The Morgan fingerprint density at radius 1 is 0.812 bits per heavy atom. The van der Waals surface area contributed by atoms with Gasteiger partial charge >= 0.3 is 5.69 Å². The van der Waals surface area contributed by atoms with E-state index in [1.165, 1.54) is 28.3 Å². The molecule has 0 bridgehead atoms. The lowest BCUT2D eigenvalue weighted by Crippen LogP contribution is -2.37. The summed E-state index contributed by atoms with van der Waals surface area (Å²) >= 11 is 0. The molecule has 3 aromatic heterocycles. The summed E-state index contributed by atoms with van der Waals surface area (Å²) in [5.74, 6) is 0.606. The van der Waals surface area contributed by atoms with Crippen molar-refractivity contribution in [1.29, 1.82) is 0 Å². The third-order valence-electron chi connectivity index (χ3n) is 6.42. The maximum atomic E-state index is 13.1. The van der Waals surface area contributed by atoms with E-state index in [0.29, 0.717) is 16.9 Å². The molecule has 162 valence electrons. The molecule has 0 saturated heterocycles. The van der Waals surface area contributed by atoms with E-state index in [1.54, 1.807) is 7.05 Å². The number of hydrogen-bond donors (Lipinski definition) is 0. The van der Waals surface area contributed by atoms with Gasteiger partial charge in [0.15, 0.2) is 11.2 Å². The fourth-order valence-electron chi connectivity index (χ4n) is 4.38. The average Bonchev–Trinajstić information content (AvgIpc) is 3.29. The molecule has 7 nitrogen and oxygen atoms in total. The van der Waals surface area contributed by atoms with Crippen LogP contribution in [-0.2, 0) is 14.1 Å². The molecule has 2 aromatic carbocycles. The van der Waals surface area contributed by atoms with Gasteiger partial charge in [-0.15, -0.1) is 0 Å². The number of aromatic nitrogens is 5. The Bertz CT molecular complexity index is 1660. The van der Waals surface area contributed by atoms with Crippen molar-refractivity contribution in [3.8, 4) is 16.9 Å². The van der Waals surface area contributed by atoms with Gasteiger partial charge in [-0.05, 0) is 51.0 Å². The van der Waals surface area contributed by atoms with Gasteiger partial charge in [-0.25, -0.2) is 4.79 Å². The normalized spacial score (nSPS) is 11.7. The largest absolute Gasteiger partial charge is 0.332 e. The number of hydrogen-bond acceptors (Lipinski definition) is 3. The molecule has 0 aliphatic carbocycles. The molecular formula is C25H25N5O2. The van der Waals surface area contributed by atoms with Gasteiger partial charge in [0.25, 0.3) is 5.56 Å². The minimum absolute atomic E-state index is 0.355. The second-order valence-corrected chi connectivity index (χ2v) is 8.53. The monoisotopic (exact) mass is 427 g/mol. The molecule has 0 unspecified atom stereocenters. The summed E-state index contributed by atoms with van der Waals surface area (Å²) in [5, 5.41) is 0. The predicted molar refractivity (Wildman–Crippen MR) is 127 cm³/mol. The average molecular weight is 428 g/mol. The van der Waals surface area contributed by atoms with E-state index < -0.39 is 5.69 Å². The first kappa shape index (κ1) is 20.1. The van der Waals surface area contributed by atoms with E-state index in [-0.39, 0.29) is 5.56 Å². The van der Waals surface area contributed by atoms with Crippen molar-refractivity contribution in [2.45, 2.75) is 27.7 Å². The second kappa shape index (κ2) is 6.82. The van der Waals surface area contributed by atoms with Crippen LogP contribution in [0, 0.1) is 27.7 Å². The zero-order valence-corrected chi connectivity index (χ0v) is 19.1. The number of nitrogens with zero attached hydrogens (tertiary/aromatic N) is 5. The highest BCUT2D eigenvalue weighted by molar-refractivity contribution is 5.81. The number of imidazole rings is 2. The summed E-state index contributed by atoms with van der Waals surface area (Å²) in [6, 6.07) is 14.6. The van der Waals surface area contributed by atoms with Crippen LogP contribution in [0.1, 0.15) is 22.4 Å². The first-order chi connectivity index (χ1) is 15.2.